The standard InChI is InChI=1S/C11H19N3/c1-9(2)14-8-10(12)7-11-5-3-4-6-13-11/h3-6,9-10,14H,7-8,12H2,1-2H3. The molecule has 0 aliphatic heterocycles. The van der Waals surface area contributed by atoms with Gasteiger partial charge in [-0.05, 0) is 12.1 Å². The summed E-state index contributed by atoms with van der Waals surface area (Å²) in [5.74, 6) is 0. The third-order valence-corrected chi connectivity index (χ3v) is 1.99. The lowest BCUT2D eigenvalue weighted by atomic mass is 10.1. The van der Waals surface area contributed by atoms with Crippen LogP contribution in [0.2, 0.25) is 0 Å². The second-order valence-electron chi connectivity index (χ2n) is 3.85. The van der Waals surface area contributed by atoms with E-state index in [4.69, 9.17) is 5.73 Å². The van der Waals surface area contributed by atoms with Crippen LogP contribution in [0.3, 0.4) is 0 Å². The first-order valence-electron chi connectivity index (χ1n) is 5.07. The summed E-state index contributed by atoms with van der Waals surface area (Å²) in [6, 6.07) is 6.55. The van der Waals surface area contributed by atoms with Crippen LogP contribution in [-0.4, -0.2) is 23.6 Å². The molecule has 1 aromatic rings. The summed E-state index contributed by atoms with van der Waals surface area (Å²) >= 11 is 0. The molecule has 3 N–H and O–H groups in total. The second-order valence-corrected chi connectivity index (χ2v) is 3.85. The molecule has 3 heteroatoms. The zero-order valence-electron chi connectivity index (χ0n) is 8.90. The van der Waals surface area contributed by atoms with Gasteiger partial charge in [-0.1, -0.05) is 19.9 Å². The van der Waals surface area contributed by atoms with Gasteiger partial charge in [0.25, 0.3) is 0 Å². The van der Waals surface area contributed by atoms with Gasteiger partial charge in [0.05, 0.1) is 0 Å². The molecule has 1 rings (SSSR count). The number of nitrogens with zero attached hydrogens (tertiary/aromatic N) is 1. The summed E-state index contributed by atoms with van der Waals surface area (Å²) in [5, 5.41) is 3.31. The van der Waals surface area contributed by atoms with E-state index in [1.165, 1.54) is 0 Å². The first kappa shape index (κ1) is 11.1. The van der Waals surface area contributed by atoms with Gasteiger partial charge in [-0.3, -0.25) is 4.98 Å². The molecule has 0 fully saturated rings. The van der Waals surface area contributed by atoms with Crippen LogP contribution in [0.4, 0.5) is 0 Å². The van der Waals surface area contributed by atoms with Gasteiger partial charge in [-0.15, -0.1) is 0 Å². The number of nitrogens with two attached hydrogens (primary N) is 1. The highest BCUT2D eigenvalue weighted by molar-refractivity contribution is 5.05. The van der Waals surface area contributed by atoms with Gasteiger partial charge in [0, 0.05) is 36.9 Å². The lowest BCUT2D eigenvalue weighted by Gasteiger charge is -2.14. The summed E-state index contributed by atoms with van der Waals surface area (Å²) in [5.41, 5.74) is 7.01. The maximum absolute atomic E-state index is 5.95. The normalized spacial score (nSPS) is 13.1. The fraction of sp³-hybridized carbons (Fsp3) is 0.545. The van der Waals surface area contributed by atoms with Crippen molar-refractivity contribution in [1.29, 1.82) is 0 Å². The second kappa shape index (κ2) is 5.73. The van der Waals surface area contributed by atoms with Crippen molar-refractivity contribution in [2.75, 3.05) is 6.54 Å². The average Bonchev–Trinajstić information content (AvgIpc) is 2.16. The molecular weight excluding hydrogens is 174 g/mol. The Balaban J connectivity index is 2.30. The average molecular weight is 193 g/mol. The predicted octanol–water partition coefficient (Wildman–Crippen LogP) is 0.949. The van der Waals surface area contributed by atoms with Crippen molar-refractivity contribution >= 4 is 0 Å². The smallest absolute Gasteiger partial charge is 0.0419 e. The molecule has 0 saturated carbocycles. The number of pyridine rings is 1. The Hall–Kier alpha value is -0.930. The van der Waals surface area contributed by atoms with Crippen LogP contribution < -0.4 is 11.1 Å². The van der Waals surface area contributed by atoms with Crippen LogP contribution in [0.25, 0.3) is 0 Å². The minimum absolute atomic E-state index is 0.146. The van der Waals surface area contributed by atoms with Crippen molar-refractivity contribution in [3.05, 3.63) is 30.1 Å². The maximum atomic E-state index is 5.95. The lowest BCUT2D eigenvalue weighted by Crippen LogP contribution is -2.38. The molecule has 1 atom stereocenters. The molecule has 78 valence electrons. The lowest BCUT2D eigenvalue weighted by molar-refractivity contribution is 0.520. The van der Waals surface area contributed by atoms with Crippen LogP contribution >= 0.6 is 0 Å². The SMILES string of the molecule is CC(C)NCC(N)Cc1ccccn1. The monoisotopic (exact) mass is 193 g/mol. The van der Waals surface area contributed by atoms with Crippen LogP contribution in [0.15, 0.2) is 24.4 Å². The first-order valence-corrected chi connectivity index (χ1v) is 5.07. The van der Waals surface area contributed by atoms with Crippen LogP contribution in [0, 0.1) is 0 Å². The van der Waals surface area contributed by atoms with E-state index in [2.05, 4.69) is 24.1 Å². The third kappa shape index (κ3) is 4.35. The molecule has 1 unspecified atom stereocenters. The minimum atomic E-state index is 0.146. The van der Waals surface area contributed by atoms with Gasteiger partial charge in [-0.2, -0.15) is 0 Å². The van der Waals surface area contributed by atoms with Crippen molar-refractivity contribution in [3.8, 4) is 0 Å². The number of hydrogen-bond donors (Lipinski definition) is 2. The molecule has 0 aliphatic carbocycles. The molecule has 0 aliphatic rings. The first-order chi connectivity index (χ1) is 6.68. The van der Waals surface area contributed by atoms with E-state index in [1.54, 1.807) is 6.20 Å². The number of hydrogen-bond acceptors (Lipinski definition) is 3. The van der Waals surface area contributed by atoms with Gasteiger partial charge >= 0.3 is 0 Å². The fourth-order valence-electron chi connectivity index (χ4n) is 1.25. The highest BCUT2D eigenvalue weighted by atomic mass is 14.9. The fourth-order valence-corrected chi connectivity index (χ4v) is 1.25. The number of aromatic nitrogens is 1. The molecule has 0 aromatic carbocycles. The van der Waals surface area contributed by atoms with E-state index in [1.807, 2.05) is 18.2 Å². The van der Waals surface area contributed by atoms with Crippen molar-refractivity contribution in [3.63, 3.8) is 0 Å². The topological polar surface area (TPSA) is 50.9 Å². The Labute approximate surface area is 85.7 Å². The summed E-state index contributed by atoms with van der Waals surface area (Å²) in [6.45, 7) is 5.08. The Morgan fingerprint density at radius 2 is 2.21 bits per heavy atom. The maximum Gasteiger partial charge on any atom is 0.0419 e. The van der Waals surface area contributed by atoms with Crippen LogP contribution in [0.1, 0.15) is 19.5 Å². The summed E-state index contributed by atoms with van der Waals surface area (Å²) < 4.78 is 0. The van der Waals surface area contributed by atoms with Crippen molar-refractivity contribution in [2.45, 2.75) is 32.4 Å². The Morgan fingerprint density at radius 3 is 2.79 bits per heavy atom. The van der Waals surface area contributed by atoms with E-state index < -0.39 is 0 Å². The molecule has 0 amide bonds. The third-order valence-electron chi connectivity index (χ3n) is 1.99. The molecule has 1 heterocycles. The predicted molar refractivity (Wildman–Crippen MR) is 59.1 cm³/mol. The zero-order chi connectivity index (χ0) is 10.4. The van der Waals surface area contributed by atoms with E-state index in [0.717, 1.165) is 18.7 Å². The number of rotatable bonds is 5. The Kier molecular flexibility index (Phi) is 4.56. The van der Waals surface area contributed by atoms with Crippen molar-refractivity contribution in [1.82, 2.24) is 10.3 Å². The van der Waals surface area contributed by atoms with Crippen LogP contribution in [-0.2, 0) is 6.42 Å². The molecule has 0 radical (unpaired) electrons. The molecule has 3 nitrogen and oxygen atoms in total. The van der Waals surface area contributed by atoms with E-state index in [-0.39, 0.29) is 6.04 Å². The molecule has 14 heavy (non-hydrogen) atoms. The van der Waals surface area contributed by atoms with Gasteiger partial charge in [0.1, 0.15) is 0 Å². The molecule has 0 saturated heterocycles. The van der Waals surface area contributed by atoms with E-state index in [9.17, 15) is 0 Å². The van der Waals surface area contributed by atoms with E-state index in [0.29, 0.717) is 6.04 Å². The number of nitrogens with one attached hydrogen (secondary N) is 1. The van der Waals surface area contributed by atoms with Gasteiger partial charge in [-0.25, -0.2) is 0 Å². The van der Waals surface area contributed by atoms with Crippen molar-refractivity contribution < 1.29 is 0 Å². The Morgan fingerprint density at radius 1 is 1.43 bits per heavy atom. The Bertz CT molecular complexity index is 246. The molecule has 0 bridgehead atoms. The largest absolute Gasteiger partial charge is 0.326 e. The molecule has 0 spiro atoms. The van der Waals surface area contributed by atoms with Crippen LogP contribution in [0.5, 0.6) is 0 Å². The van der Waals surface area contributed by atoms with Gasteiger partial charge in [0.15, 0.2) is 0 Å². The van der Waals surface area contributed by atoms with Crippen molar-refractivity contribution in [2.24, 2.45) is 5.73 Å². The summed E-state index contributed by atoms with van der Waals surface area (Å²) in [7, 11) is 0. The summed E-state index contributed by atoms with van der Waals surface area (Å²) in [4.78, 5) is 4.24. The van der Waals surface area contributed by atoms with Gasteiger partial charge in [0.2, 0.25) is 0 Å². The summed E-state index contributed by atoms with van der Waals surface area (Å²) in [6.07, 6.45) is 2.64. The highest BCUT2D eigenvalue weighted by Crippen LogP contribution is 1.97. The molecule has 1 aromatic heterocycles. The quantitative estimate of drug-likeness (QED) is 0.732. The van der Waals surface area contributed by atoms with Gasteiger partial charge < -0.3 is 11.1 Å². The van der Waals surface area contributed by atoms with E-state index >= 15 is 0 Å². The molecular formula is C11H19N3. The zero-order valence-corrected chi connectivity index (χ0v) is 8.90. The highest BCUT2D eigenvalue weighted by Gasteiger charge is 2.04. The minimum Gasteiger partial charge on any atom is -0.326 e.